The van der Waals surface area contributed by atoms with Crippen molar-refractivity contribution in [1.82, 2.24) is 5.32 Å². The quantitative estimate of drug-likeness (QED) is 0.918. The average Bonchev–Trinajstić information content (AvgIpc) is 2.54. The molecule has 1 unspecified atom stereocenters. The SMILES string of the molecule is COc1ccc(C2NCCc3ccccc32)c(OC)c1Br. The van der Waals surface area contributed by atoms with Crippen LogP contribution < -0.4 is 14.8 Å². The van der Waals surface area contributed by atoms with Crippen LogP contribution in [0, 0.1) is 0 Å². The van der Waals surface area contributed by atoms with Gasteiger partial charge in [0, 0.05) is 12.1 Å². The van der Waals surface area contributed by atoms with Crippen LogP contribution in [0.25, 0.3) is 0 Å². The molecule has 0 aliphatic carbocycles. The van der Waals surface area contributed by atoms with Gasteiger partial charge in [-0.15, -0.1) is 0 Å². The Morgan fingerprint density at radius 2 is 1.86 bits per heavy atom. The lowest BCUT2D eigenvalue weighted by Crippen LogP contribution is -2.30. The zero-order chi connectivity index (χ0) is 14.8. The first kappa shape index (κ1) is 14.4. The Morgan fingerprint density at radius 1 is 1.05 bits per heavy atom. The lowest BCUT2D eigenvalue weighted by atomic mass is 9.89. The number of fused-ring (bicyclic) bond motifs is 1. The van der Waals surface area contributed by atoms with Crippen molar-refractivity contribution < 1.29 is 9.47 Å². The van der Waals surface area contributed by atoms with Gasteiger partial charge >= 0.3 is 0 Å². The Balaban J connectivity index is 2.12. The molecule has 4 heteroatoms. The van der Waals surface area contributed by atoms with Crippen LogP contribution in [0.4, 0.5) is 0 Å². The molecular formula is C17H18BrNO2. The van der Waals surface area contributed by atoms with Crippen molar-refractivity contribution in [2.45, 2.75) is 12.5 Å². The van der Waals surface area contributed by atoms with Crippen LogP contribution in [0.3, 0.4) is 0 Å². The van der Waals surface area contributed by atoms with Gasteiger partial charge in [-0.05, 0) is 45.6 Å². The van der Waals surface area contributed by atoms with Gasteiger partial charge in [0.05, 0.1) is 20.3 Å². The van der Waals surface area contributed by atoms with Gasteiger partial charge in [-0.2, -0.15) is 0 Å². The maximum atomic E-state index is 5.62. The van der Waals surface area contributed by atoms with Gasteiger partial charge in [0.15, 0.2) is 0 Å². The fourth-order valence-electron chi connectivity index (χ4n) is 2.93. The molecule has 21 heavy (non-hydrogen) atoms. The predicted molar refractivity (Wildman–Crippen MR) is 87.2 cm³/mol. The molecule has 0 fully saturated rings. The first-order chi connectivity index (χ1) is 10.3. The maximum absolute atomic E-state index is 5.62. The second-order valence-corrected chi connectivity index (χ2v) is 5.83. The number of hydrogen-bond acceptors (Lipinski definition) is 3. The summed E-state index contributed by atoms with van der Waals surface area (Å²) in [5.74, 6) is 1.60. The molecule has 3 rings (SSSR count). The van der Waals surface area contributed by atoms with Crippen LogP contribution in [-0.2, 0) is 6.42 Å². The van der Waals surface area contributed by atoms with Crippen LogP contribution in [0.2, 0.25) is 0 Å². The molecule has 1 aliphatic rings. The second kappa shape index (κ2) is 6.08. The summed E-state index contributed by atoms with van der Waals surface area (Å²) in [6.45, 7) is 0.967. The highest BCUT2D eigenvalue weighted by atomic mass is 79.9. The smallest absolute Gasteiger partial charge is 0.141 e. The topological polar surface area (TPSA) is 30.5 Å². The van der Waals surface area contributed by atoms with E-state index in [4.69, 9.17) is 9.47 Å². The molecule has 1 heterocycles. The van der Waals surface area contributed by atoms with Crippen molar-refractivity contribution in [2.24, 2.45) is 0 Å². The maximum Gasteiger partial charge on any atom is 0.141 e. The van der Waals surface area contributed by atoms with Gasteiger partial charge in [0.25, 0.3) is 0 Å². The van der Waals surface area contributed by atoms with E-state index >= 15 is 0 Å². The standard InChI is InChI=1S/C17H18BrNO2/c1-20-14-8-7-13(17(21-2)15(14)18)16-12-6-4-3-5-11(12)9-10-19-16/h3-8,16,19H,9-10H2,1-2H3. The fourth-order valence-corrected chi connectivity index (χ4v) is 3.61. The number of nitrogens with one attached hydrogen (secondary N) is 1. The summed E-state index contributed by atoms with van der Waals surface area (Å²) >= 11 is 3.58. The van der Waals surface area contributed by atoms with Crippen molar-refractivity contribution in [1.29, 1.82) is 0 Å². The molecule has 0 saturated carbocycles. The van der Waals surface area contributed by atoms with Gasteiger partial charge in [-0.1, -0.05) is 24.3 Å². The number of rotatable bonds is 3. The zero-order valence-electron chi connectivity index (χ0n) is 12.2. The first-order valence-corrected chi connectivity index (χ1v) is 7.77. The predicted octanol–water partition coefficient (Wildman–Crippen LogP) is 3.70. The van der Waals surface area contributed by atoms with Crippen LogP contribution >= 0.6 is 15.9 Å². The Morgan fingerprint density at radius 3 is 2.62 bits per heavy atom. The third-order valence-electron chi connectivity index (χ3n) is 3.94. The van der Waals surface area contributed by atoms with E-state index in [1.807, 2.05) is 6.07 Å². The molecule has 0 amide bonds. The highest BCUT2D eigenvalue weighted by molar-refractivity contribution is 9.10. The summed E-state index contributed by atoms with van der Waals surface area (Å²) in [5, 5.41) is 3.59. The van der Waals surface area contributed by atoms with Crippen molar-refractivity contribution >= 4 is 15.9 Å². The zero-order valence-corrected chi connectivity index (χ0v) is 13.7. The van der Waals surface area contributed by atoms with E-state index in [1.54, 1.807) is 14.2 Å². The van der Waals surface area contributed by atoms with E-state index in [9.17, 15) is 0 Å². The summed E-state index contributed by atoms with van der Waals surface area (Å²) in [7, 11) is 3.35. The summed E-state index contributed by atoms with van der Waals surface area (Å²) in [4.78, 5) is 0. The van der Waals surface area contributed by atoms with Crippen molar-refractivity contribution in [2.75, 3.05) is 20.8 Å². The molecular weight excluding hydrogens is 330 g/mol. The second-order valence-electron chi connectivity index (χ2n) is 5.04. The number of methoxy groups -OCH3 is 2. The summed E-state index contributed by atoms with van der Waals surface area (Å²) in [6.07, 6.45) is 1.06. The molecule has 2 aromatic rings. The minimum atomic E-state index is 0.145. The van der Waals surface area contributed by atoms with Crippen molar-refractivity contribution in [3.63, 3.8) is 0 Å². The van der Waals surface area contributed by atoms with E-state index < -0.39 is 0 Å². The van der Waals surface area contributed by atoms with Gasteiger partial charge in [0.1, 0.15) is 16.0 Å². The fraction of sp³-hybridized carbons (Fsp3) is 0.294. The Labute approximate surface area is 133 Å². The monoisotopic (exact) mass is 347 g/mol. The molecule has 0 aromatic heterocycles. The molecule has 1 atom stereocenters. The van der Waals surface area contributed by atoms with Crippen LogP contribution in [0.15, 0.2) is 40.9 Å². The third-order valence-corrected chi connectivity index (χ3v) is 4.69. The summed E-state index contributed by atoms with van der Waals surface area (Å²) in [6, 6.07) is 12.8. The molecule has 110 valence electrons. The Bertz CT molecular complexity index is 657. The first-order valence-electron chi connectivity index (χ1n) is 6.97. The van der Waals surface area contributed by atoms with Gasteiger partial charge < -0.3 is 14.8 Å². The summed E-state index contributed by atoms with van der Waals surface area (Å²) < 4.78 is 11.8. The van der Waals surface area contributed by atoms with Crippen LogP contribution in [0.1, 0.15) is 22.7 Å². The van der Waals surface area contributed by atoms with Crippen LogP contribution in [0.5, 0.6) is 11.5 Å². The number of benzene rings is 2. The number of halogens is 1. The van der Waals surface area contributed by atoms with E-state index in [2.05, 4.69) is 51.6 Å². The molecule has 0 radical (unpaired) electrons. The summed E-state index contributed by atoms with van der Waals surface area (Å²) in [5.41, 5.74) is 3.84. The third kappa shape index (κ3) is 2.54. The molecule has 1 N–H and O–H groups in total. The normalized spacial score (nSPS) is 17.2. The van der Waals surface area contributed by atoms with Gasteiger partial charge in [-0.3, -0.25) is 0 Å². The molecule has 0 spiro atoms. The van der Waals surface area contributed by atoms with Gasteiger partial charge in [0.2, 0.25) is 0 Å². The highest BCUT2D eigenvalue weighted by Gasteiger charge is 2.25. The largest absolute Gasteiger partial charge is 0.495 e. The molecule has 0 saturated heterocycles. The molecule has 1 aliphatic heterocycles. The van der Waals surface area contributed by atoms with Crippen molar-refractivity contribution in [3.05, 3.63) is 57.6 Å². The average molecular weight is 348 g/mol. The highest BCUT2D eigenvalue weighted by Crippen LogP contribution is 2.42. The van der Waals surface area contributed by atoms with E-state index in [1.165, 1.54) is 11.1 Å². The minimum absolute atomic E-state index is 0.145. The van der Waals surface area contributed by atoms with E-state index in [0.717, 1.165) is 34.5 Å². The Kier molecular flexibility index (Phi) is 4.17. The van der Waals surface area contributed by atoms with E-state index in [-0.39, 0.29) is 6.04 Å². The molecule has 2 aromatic carbocycles. The minimum Gasteiger partial charge on any atom is -0.495 e. The number of hydrogen-bond donors (Lipinski definition) is 1. The Hall–Kier alpha value is -1.52. The molecule has 3 nitrogen and oxygen atoms in total. The van der Waals surface area contributed by atoms with Crippen molar-refractivity contribution in [3.8, 4) is 11.5 Å². The lowest BCUT2D eigenvalue weighted by molar-refractivity contribution is 0.381. The van der Waals surface area contributed by atoms with Crippen LogP contribution in [-0.4, -0.2) is 20.8 Å². The number of ether oxygens (including phenoxy) is 2. The van der Waals surface area contributed by atoms with E-state index in [0.29, 0.717) is 0 Å². The molecule has 0 bridgehead atoms. The van der Waals surface area contributed by atoms with Gasteiger partial charge in [-0.25, -0.2) is 0 Å². The lowest BCUT2D eigenvalue weighted by Gasteiger charge is -2.29.